The van der Waals surface area contributed by atoms with Crippen LogP contribution in [-0.2, 0) is 9.59 Å². The average molecular weight is 328 g/mol. The van der Waals surface area contributed by atoms with E-state index in [1.165, 1.54) is 24.3 Å². The predicted molar refractivity (Wildman–Crippen MR) is 88.6 cm³/mol. The molecule has 0 radical (unpaired) electrons. The molecule has 0 unspecified atom stereocenters. The maximum atomic E-state index is 12.8. The summed E-state index contributed by atoms with van der Waals surface area (Å²) in [6.07, 6.45) is 1.41. The molecule has 5 nitrogen and oxygen atoms in total. The quantitative estimate of drug-likeness (QED) is 0.918. The van der Waals surface area contributed by atoms with Gasteiger partial charge in [-0.1, -0.05) is 6.07 Å². The summed E-state index contributed by atoms with van der Waals surface area (Å²) in [7, 11) is 0. The molecule has 2 aromatic carbocycles. The van der Waals surface area contributed by atoms with E-state index in [0.29, 0.717) is 24.4 Å². The number of amides is 2. The summed E-state index contributed by atoms with van der Waals surface area (Å²) < 4.78 is 18.1. The van der Waals surface area contributed by atoms with Crippen LogP contribution in [0.2, 0.25) is 0 Å². The molecule has 2 aromatic rings. The van der Waals surface area contributed by atoms with Gasteiger partial charge in [-0.25, -0.2) is 4.39 Å². The van der Waals surface area contributed by atoms with E-state index in [9.17, 15) is 14.0 Å². The molecule has 24 heavy (non-hydrogen) atoms. The topological polar surface area (TPSA) is 58.6 Å². The Balaban J connectivity index is 1.58. The SMILES string of the molecule is O=C(COc1ccc(F)cc1)Nc1cccc(N2CCCC2=O)c1. The summed E-state index contributed by atoms with van der Waals surface area (Å²) in [6, 6.07) is 12.6. The van der Waals surface area contributed by atoms with Crippen LogP contribution in [0.25, 0.3) is 0 Å². The number of halogens is 1. The van der Waals surface area contributed by atoms with Gasteiger partial charge in [0.15, 0.2) is 6.61 Å². The number of rotatable bonds is 5. The van der Waals surface area contributed by atoms with E-state index in [-0.39, 0.29) is 24.2 Å². The van der Waals surface area contributed by atoms with Gasteiger partial charge < -0.3 is 15.0 Å². The first-order valence-electron chi connectivity index (χ1n) is 7.70. The molecule has 0 atom stereocenters. The third-order valence-corrected chi connectivity index (χ3v) is 3.70. The van der Waals surface area contributed by atoms with Gasteiger partial charge in [0.1, 0.15) is 11.6 Å². The first-order valence-corrected chi connectivity index (χ1v) is 7.70. The number of carbonyl (C=O) groups excluding carboxylic acids is 2. The van der Waals surface area contributed by atoms with Crippen LogP contribution in [0.5, 0.6) is 5.75 Å². The van der Waals surface area contributed by atoms with Crippen molar-refractivity contribution in [1.29, 1.82) is 0 Å². The van der Waals surface area contributed by atoms with Crippen molar-refractivity contribution < 1.29 is 18.7 Å². The highest BCUT2D eigenvalue weighted by Crippen LogP contribution is 2.24. The van der Waals surface area contributed by atoms with Crippen molar-refractivity contribution in [2.75, 3.05) is 23.4 Å². The predicted octanol–water partition coefficient (Wildman–Crippen LogP) is 2.97. The molecule has 1 fully saturated rings. The van der Waals surface area contributed by atoms with Gasteiger partial charge in [-0.2, -0.15) is 0 Å². The van der Waals surface area contributed by atoms with Gasteiger partial charge in [0.05, 0.1) is 0 Å². The average Bonchev–Trinajstić information content (AvgIpc) is 3.01. The smallest absolute Gasteiger partial charge is 0.262 e. The Labute approximate surface area is 139 Å². The van der Waals surface area contributed by atoms with Crippen LogP contribution in [0, 0.1) is 5.82 Å². The number of anilines is 2. The molecule has 1 aliphatic heterocycles. The molecule has 6 heteroatoms. The molecule has 1 N–H and O–H groups in total. The second-order valence-corrected chi connectivity index (χ2v) is 5.49. The van der Waals surface area contributed by atoms with Crippen LogP contribution in [-0.4, -0.2) is 25.0 Å². The highest BCUT2D eigenvalue weighted by atomic mass is 19.1. The van der Waals surface area contributed by atoms with Crippen molar-refractivity contribution in [2.45, 2.75) is 12.8 Å². The van der Waals surface area contributed by atoms with E-state index in [4.69, 9.17) is 4.74 Å². The summed E-state index contributed by atoms with van der Waals surface area (Å²) in [5.41, 5.74) is 1.37. The number of benzene rings is 2. The highest BCUT2D eigenvalue weighted by Gasteiger charge is 2.21. The lowest BCUT2D eigenvalue weighted by molar-refractivity contribution is -0.118. The summed E-state index contributed by atoms with van der Waals surface area (Å²) in [5, 5.41) is 2.73. The summed E-state index contributed by atoms with van der Waals surface area (Å²) >= 11 is 0. The highest BCUT2D eigenvalue weighted by molar-refractivity contribution is 5.97. The lowest BCUT2D eigenvalue weighted by atomic mass is 10.2. The molecule has 0 aliphatic carbocycles. The zero-order valence-corrected chi connectivity index (χ0v) is 13.0. The van der Waals surface area contributed by atoms with E-state index in [1.54, 1.807) is 23.1 Å². The van der Waals surface area contributed by atoms with Crippen LogP contribution >= 0.6 is 0 Å². The van der Waals surface area contributed by atoms with Crippen molar-refractivity contribution in [3.05, 3.63) is 54.3 Å². The largest absolute Gasteiger partial charge is 0.484 e. The first kappa shape index (κ1) is 16.0. The van der Waals surface area contributed by atoms with Gasteiger partial charge in [-0.3, -0.25) is 9.59 Å². The van der Waals surface area contributed by atoms with E-state index in [2.05, 4.69) is 5.32 Å². The van der Waals surface area contributed by atoms with Gasteiger partial charge >= 0.3 is 0 Å². The van der Waals surface area contributed by atoms with Crippen molar-refractivity contribution in [3.63, 3.8) is 0 Å². The van der Waals surface area contributed by atoms with Crippen LogP contribution < -0.4 is 15.0 Å². The molecule has 3 rings (SSSR count). The summed E-state index contributed by atoms with van der Waals surface area (Å²) in [6.45, 7) is 0.516. The third kappa shape index (κ3) is 3.90. The maximum Gasteiger partial charge on any atom is 0.262 e. The van der Waals surface area contributed by atoms with Crippen molar-refractivity contribution in [2.24, 2.45) is 0 Å². The molecule has 124 valence electrons. The van der Waals surface area contributed by atoms with Crippen molar-refractivity contribution in [1.82, 2.24) is 0 Å². The Bertz CT molecular complexity index is 746. The normalized spacial score (nSPS) is 13.9. The number of carbonyl (C=O) groups is 2. The lowest BCUT2D eigenvalue weighted by Gasteiger charge is -2.16. The fraction of sp³-hybridized carbons (Fsp3) is 0.222. The number of ether oxygens (including phenoxy) is 1. The van der Waals surface area contributed by atoms with Gasteiger partial charge in [0.25, 0.3) is 5.91 Å². The van der Waals surface area contributed by atoms with Gasteiger partial charge in [0.2, 0.25) is 5.91 Å². The van der Waals surface area contributed by atoms with Crippen LogP contribution in [0.1, 0.15) is 12.8 Å². The standard InChI is InChI=1S/C18H17FN2O3/c19-13-6-8-16(9-7-13)24-12-17(22)20-14-3-1-4-15(11-14)21-10-2-5-18(21)23/h1,3-4,6-9,11H,2,5,10,12H2,(H,20,22). The summed E-state index contributed by atoms with van der Waals surface area (Å²) in [4.78, 5) is 25.5. The fourth-order valence-corrected chi connectivity index (χ4v) is 2.55. The Morgan fingerprint density at radius 3 is 2.71 bits per heavy atom. The van der Waals surface area contributed by atoms with Gasteiger partial charge in [0, 0.05) is 24.3 Å². The number of hydrogen-bond acceptors (Lipinski definition) is 3. The molecule has 0 spiro atoms. The first-order chi connectivity index (χ1) is 11.6. The van der Waals surface area contributed by atoms with Gasteiger partial charge in [-0.15, -0.1) is 0 Å². The minimum Gasteiger partial charge on any atom is -0.484 e. The molecular formula is C18H17FN2O3. The molecule has 0 aromatic heterocycles. The van der Waals surface area contributed by atoms with Crippen LogP contribution in [0.4, 0.5) is 15.8 Å². The molecule has 1 saturated heterocycles. The molecule has 0 bridgehead atoms. The Morgan fingerprint density at radius 1 is 1.21 bits per heavy atom. The number of nitrogens with zero attached hydrogens (tertiary/aromatic N) is 1. The van der Waals surface area contributed by atoms with Crippen LogP contribution in [0.3, 0.4) is 0 Å². The number of hydrogen-bond donors (Lipinski definition) is 1. The Kier molecular flexibility index (Phi) is 4.74. The van der Waals surface area contributed by atoms with E-state index >= 15 is 0 Å². The Hall–Kier alpha value is -2.89. The molecule has 1 heterocycles. The van der Waals surface area contributed by atoms with E-state index < -0.39 is 0 Å². The zero-order valence-electron chi connectivity index (χ0n) is 13.0. The van der Waals surface area contributed by atoms with Crippen molar-refractivity contribution >= 4 is 23.2 Å². The van der Waals surface area contributed by atoms with E-state index in [0.717, 1.165) is 12.1 Å². The second kappa shape index (κ2) is 7.12. The fourth-order valence-electron chi connectivity index (χ4n) is 2.55. The minimum absolute atomic E-state index is 0.0955. The van der Waals surface area contributed by atoms with Crippen molar-refractivity contribution in [3.8, 4) is 5.75 Å². The van der Waals surface area contributed by atoms with Crippen LogP contribution in [0.15, 0.2) is 48.5 Å². The molecule has 2 amide bonds. The third-order valence-electron chi connectivity index (χ3n) is 3.70. The minimum atomic E-state index is -0.361. The van der Waals surface area contributed by atoms with E-state index in [1.807, 2.05) is 6.07 Å². The maximum absolute atomic E-state index is 12.8. The zero-order chi connectivity index (χ0) is 16.9. The van der Waals surface area contributed by atoms with Gasteiger partial charge in [-0.05, 0) is 48.9 Å². The molecule has 0 saturated carbocycles. The molecule has 1 aliphatic rings. The monoisotopic (exact) mass is 328 g/mol. The number of nitrogens with one attached hydrogen (secondary N) is 1. The summed E-state index contributed by atoms with van der Waals surface area (Å²) in [5.74, 6) is -0.176. The second-order valence-electron chi connectivity index (χ2n) is 5.49. The molecular weight excluding hydrogens is 311 g/mol. The lowest BCUT2D eigenvalue weighted by Crippen LogP contribution is -2.24. The Morgan fingerprint density at radius 2 is 2.00 bits per heavy atom.